The van der Waals surface area contributed by atoms with Crippen LogP contribution >= 0.6 is 0 Å². The van der Waals surface area contributed by atoms with Crippen molar-refractivity contribution in [2.45, 2.75) is 75.5 Å². The third-order valence-corrected chi connectivity index (χ3v) is 8.47. The molecule has 7 nitrogen and oxygen atoms in total. The van der Waals surface area contributed by atoms with Gasteiger partial charge in [-0.1, -0.05) is 44.2 Å². The second-order valence-electron chi connectivity index (χ2n) is 12.4. The summed E-state index contributed by atoms with van der Waals surface area (Å²) in [4.78, 5) is 0. The van der Waals surface area contributed by atoms with Gasteiger partial charge < -0.3 is 33.2 Å². The normalized spacial score (nSPS) is 27.7. The Bertz CT molecular complexity index is 1210. The highest BCUT2D eigenvalue weighted by Gasteiger charge is 2.34. The fraction of sp³-hybridized carbons (Fsp3) is 0.576. The molecule has 0 aliphatic carbocycles. The Morgan fingerprint density at radius 1 is 0.650 bits per heavy atom. The number of allylic oxidation sites excluding steroid dienone is 1. The molecule has 0 bridgehead atoms. The van der Waals surface area contributed by atoms with Gasteiger partial charge in [0.2, 0.25) is 0 Å². The van der Waals surface area contributed by atoms with E-state index < -0.39 is 0 Å². The molecule has 5 saturated heterocycles. The highest BCUT2D eigenvalue weighted by molar-refractivity contribution is 5.54. The van der Waals surface area contributed by atoms with Crippen LogP contribution in [0.25, 0.3) is 0 Å². The van der Waals surface area contributed by atoms with Crippen molar-refractivity contribution in [2.75, 3.05) is 46.2 Å². The molecule has 2 aromatic rings. The summed E-state index contributed by atoms with van der Waals surface area (Å²) in [7, 11) is 0. The number of rotatable bonds is 16. The molecule has 0 N–H and O–H groups in total. The Labute approximate surface area is 236 Å². The second kappa shape index (κ2) is 10.8. The van der Waals surface area contributed by atoms with Crippen LogP contribution in [-0.2, 0) is 54.8 Å². The van der Waals surface area contributed by atoms with E-state index in [0.717, 1.165) is 70.2 Å². The van der Waals surface area contributed by atoms with Crippen LogP contribution in [0.4, 0.5) is 0 Å². The van der Waals surface area contributed by atoms with Crippen LogP contribution in [0.3, 0.4) is 0 Å². The molecule has 0 amide bonds. The van der Waals surface area contributed by atoms with E-state index in [2.05, 4.69) is 44.7 Å². The standard InChI is InChI=1S/C33H40O7/c1-4-5-20-6-24(7-21(10-26-13-34-26)31(20)39-18-29-16-37-29)33(2,3)25-8-22(11-27-14-35-27)32(40-19-30-17-38-30)23(9-25)12-28-15-36-28/h4,6-9,26-30H,1,5,10-19H2,2-3H3. The molecule has 5 fully saturated rings. The molecule has 40 heavy (non-hydrogen) atoms. The minimum atomic E-state index is -0.260. The van der Waals surface area contributed by atoms with Crippen LogP contribution in [-0.4, -0.2) is 76.8 Å². The van der Waals surface area contributed by atoms with E-state index >= 15 is 0 Å². The smallest absolute Gasteiger partial charge is 0.126 e. The predicted molar refractivity (Wildman–Crippen MR) is 150 cm³/mol. The van der Waals surface area contributed by atoms with Gasteiger partial charge in [0.15, 0.2) is 0 Å². The molecule has 2 aromatic carbocycles. The van der Waals surface area contributed by atoms with Crippen LogP contribution in [0, 0.1) is 0 Å². The number of benzene rings is 2. The van der Waals surface area contributed by atoms with E-state index in [1.807, 2.05) is 6.08 Å². The topological polar surface area (TPSA) is 81.1 Å². The molecule has 0 saturated carbocycles. The minimum absolute atomic E-state index is 0.202. The lowest BCUT2D eigenvalue weighted by Crippen LogP contribution is -2.22. The number of hydrogen-bond donors (Lipinski definition) is 0. The third-order valence-electron chi connectivity index (χ3n) is 8.47. The number of ether oxygens (including phenoxy) is 7. The maximum Gasteiger partial charge on any atom is 0.126 e. The minimum Gasteiger partial charge on any atom is -0.490 e. The van der Waals surface area contributed by atoms with Gasteiger partial charge in [-0.05, 0) is 39.8 Å². The Hall–Kier alpha value is -2.42. The zero-order valence-electron chi connectivity index (χ0n) is 23.6. The van der Waals surface area contributed by atoms with Crippen molar-refractivity contribution in [2.24, 2.45) is 0 Å². The summed E-state index contributed by atoms with van der Waals surface area (Å²) in [5.41, 5.74) is 7.07. The Morgan fingerprint density at radius 3 is 1.35 bits per heavy atom. The average molecular weight is 549 g/mol. The summed E-state index contributed by atoms with van der Waals surface area (Å²) in [6.07, 6.45) is 6.45. The van der Waals surface area contributed by atoms with Crippen molar-refractivity contribution in [3.05, 3.63) is 70.3 Å². The van der Waals surface area contributed by atoms with Crippen molar-refractivity contribution in [1.29, 1.82) is 0 Å². The van der Waals surface area contributed by atoms with Gasteiger partial charge in [-0.25, -0.2) is 0 Å². The molecule has 0 radical (unpaired) electrons. The fourth-order valence-electron chi connectivity index (χ4n) is 5.50. The first-order valence-electron chi connectivity index (χ1n) is 14.7. The molecular weight excluding hydrogens is 508 g/mol. The van der Waals surface area contributed by atoms with Crippen LogP contribution in [0.15, 0.2) is 36.9 Å². The van der Waals surface area contributed by atoms with E-state index in [-0.39, 0.29) is 35.9 Å². The summed E-state index contributed by atoms with van der Waals surface area (Å²) < 4.78 is 40.6. The van der Waals surface area contributed by atoms with Crippen molar-refractivity contribution in [3.63, 3.8) is 0 Å². The van der Waals surface area contributed by atoms with Gasteiger partial charge in [0.25, 0.3) is 0 Å². The van der Waals surface area contributed by atoms with Crippen LogP contribution in [0.5, 0.6) is 11.5 Å². The lowest BCUT2D eigenvalue weighted by atomic mass is 9.75. The zero-order chi connectivity index (χ0) is 27.3. The first-order chi connectivity index (χ1) is 19.5. The highest BCUT2D eigenvalue weighted by atomic mass is 16.6. The van der Waals surface area contributed by atoms with E-state index in [0.29, 0.717) is 13.2 Å². The predicted octanol–water partition coefficient (Wildman–Crippen LogP) is 4.12. The van der Waals surface area contributed by atoms with Crippen molar-refractivity contribution >= 4 is 0 Å². The van der Waals surface area contributed by atoms with Gasteiger partial charge in [0, 0.05) is 24.7 Å². The Morgan fingerprint density at radius 2 is 1.00 bits per heavy atom. The molecule has 7 heteroatoms. The van der Waals surface area contributed by atoms with E-state index in [9.17, 15) is 0 Å². The highest BCUT2D eigenvalue weighted by Crippen LogP contribution is 2.42. The second-order valence-corrected chi connectivity index (χ2v) is 12.4. The molecule has 5 aliphatic heterocycles. The fourth-order valence-corrected chi connectivity index (χ4v) is 5.50. The van der Waals surface area contributed by atoms with Crippen molar-refractivity contribution < 1.29 is 33.2 Å². The molecule has 5 aliphatic rings. The Balaban J connectivity index is 1.27. The van der Waals surface area contributed by atoms with Gasteiger partial charge in [-0.3, -0.25) is 0 Å². The molecule has 5 unspecified atom stereocenters. The summed E-state index contributed by atoms with van der Waals surface area (Å²) >= 11 is 0. The first-order valence-corrected chi connectivity index (χ1v) is 14.7. The third kappa shape index (κ3) is 6.39. The molecular formula is C33H40O7. The van der Waals surface area contributed by atoms with Crippen molar-refractivity contribution in [1.82, 2.24) is 0 Å². The first kappa shape index (κ1) is 26.5. The molecule has 5 atom stereocenters. The monoisotopic (exact) mass is 548 g/mol. The lowest BCUT2D eigenvalue weighted by Gasteiger charge is -2.30. The summed E-state index contributed by atoms with van der Waals surface area (Å²) in [5.74, 6) is 1.96. The van der Waals surface area contributed by atoms with E-state index in [1.165, 1.54) is 33.4 Å². The quantitative estimate of drug-likeness (QED) is 0.231. The van der Waals surface area contributed by atoms with Gasteiger partial charge in [0.05, 0.1) is 51.3 Å². The van der Waals surface area contributed by atoms with Gasteiger partial charge in [0.1, 0.15) is 36.9 Å². The maximum atomic E-state index is 6.42. The molecule has 0 aromatic heterocycles. The molecule has 0 spiro atoms. The maximum absolute atomic E-state index is 6.42. The van der Waals surface area contributed by atoms with Crippen LogP contribution in [0.1, 0.15) is 47.2 Å². The van der Waals surface area contributed by atoms with Gasteiger partial charge in [-0.2, -0.15) is 0 Å². The molecule has 7 rings (SSSR count). The average Bonchev–Trinajstić information content (AvgIpc) is 3.74. The largest absolute Gasteiger partial charge is 0.490 e. The number of hydrogen-bond acceptors (Lipinski definition) is 7. The van der Waals surface area contributed by atoms with Gasteiger partial charge >= 0.3 is 0 Å². The van der Waals surface area contributed by atoms with Crippen LogP contribution in [0.2, 0.25) is 0 Å². The molecule has 214 valence electrons. The van der Waals surface area contributed by atoms with E-state index in [1.54, 1.807) is 0 Å². The lowest BCUT2D eigenvalue weighted by molar-refractivity contribution is 0.257. The summed E-state index contributed by atoms with van der Waals surface area (Å²) in [6, 6.07) is 9.32. The zero-order valence-corrected chi connectivity index (χ0v) is 23.6. The molecule has 5 heterocycles. The summed E-state index contributed by atoms with van der Waals surface area (Å²) in [6.45, 7) is 13.8. The van der Waals surface area contributed by atoms with Crippen molar-refractivity contribution in [3.8, 4) is 11.5 Å². The summed E-state index contributed by atoms with van der Waals surface area (Å²) in [5, 5.41) is 0. The number of epoxide rings is 5. The SMILES string of the molecule is C=CCc1cc(C(C)(C)c2cc(CC3CO3)c(OCC3CO3)c(CC3CO3)c2)cc(CC2CO2)c1OCC1CO1. The Kier molecular flexibility index (Phi) is 7.13. The van der Waals surface area contributed by atoms with Crippen LogP contribution < -0.4 is 9.47 Å². The van der Waals surface area contributed by atoms with E-state index in [4.69, 9.17) is 33.2 Å². The van der Waals surface area contributed by atoms with Gasteiger partial charge in [-0.15, -0.1) is 6.58 Å².